The molecule has 0 radical (unpaired) electrons. The number of benzene rings is 2. The first-order chi connectivity index (χ1) is 16.8. The summed E-state index contributed by atoms with van der Waals surface area (Å²) in [5, 5.41) is 0. The molecule has 8 heteroatoms. The number of thiazole rings is 1. The molecule has 35 heavy (non-hydrogen) atoms. The molecular formula is C27H28N2O4S2. The number of fused-ring (bicyclic) bond motifs is 1. The monoisotopic (exact) mass is 508 g/mol. The third-order valence-electron chi connectivity index (χ3n) is 5.52. The number of aromatic nitrogens is 1. The molecule has 182 valence electrons. The maximum absolute atomic E-state index is 13.8. The van der Waals surface area contributed by atoms with Gasteiger partial charge in [0.25, 0.3) is 5.56 Å². The smallest absolute Gasteiger partial charge is 0.338 e. The first-order valence-corrected chi connectivity index (χ1v) is 13.5. The van der Waals surface area contributed by atoms with Gasteiger partial charge in [0.15, 0.2) is 4.80 Å². The largest absolute Gasteiger partial charge is 0.490 e. The van der Waals surface area contributed by atoms with Crippen LogP contribution in [0.25, 0.3) is 6.08 Å². The Morgan fingerprint density at radius 3 is 2.57 bits per heavy atom. The molecule has 6 nitrogen and oxygen atoms in total. The fraction of sp³-hybridized carbons (Fsp3) is 0.296. The topological polar surface area (TPSA) is 69.9 Å². The second-order valence-electron chi connectivity index (χ2n) is 8.28. The molecule has 0 spiro atoms. The molecule has 2 aromatic carbocycles. The summed E-state index contributed by atoms with van der Waals surface area (Å²) in [6.07, 6.45) is 3.84. The molecule has 0 N–H and O–H groups in total. The zero-order valence-electron chi connectivity index (χ0n) is 20.4. The minimum absolute atomic E-state index is 0.00445. The summed E-state index contributed by atoms with van der Waals surface area (Å²) in [4.78, 5) is 33.0. The first-order valence-electron chi connectivity index (χ1n) is 11.4. The molecule has 1 aliphatic heterocycles. The maximum atomic E-state index is 13.8. The van der Waals surface area contributed by atoms with Crippen LogP contribution in [0.15, 0.2) is 74.5 Å². The second kappa shape index (κ2) is 10.7. The van der Waals surface area contributed by atoms with Gasteiger partial charge in [-0.2, -0.15) is 0 Å². The van der Waals surface area contributed by atoms with Gasteiger partial charge < -0.3 is 9.47 Å². The summed E-state index contributed by atoms with van der Waals surface area (Å²) in [6, 6.07) is 14.9. The lowest BCUT2D eigenvalue weighted by atomic mass is 9.96. The molecule has 0 saturated heterocycles. The number of hydrogen-bond acceptors (Lipinski definition) is 7. The lowest BCUT2D eigenvalue weighted by Gasteiger charge is -2.24. The highest BCUT2D eigenvalue weighted by molar-refractivity contribution is 7.98. The molecule has 0 unspecified atom stereocenters. The highest BCUT2D eigenvalue weighted by Crippen LogP contribution is 2.31. The summed E-state index contributed by atoms with van der Waals surface area (Å²) >= 11 is 2.94. The van der Waals surface area contributed by atoms with E-state index in [2.05, 4.69) is 4.99 Å². The Hall–Kier alpha value is -3.10. The number of nitrogens with zero attached hydrogens (tertiary/aromatic N) is 2. The molecule has 0 fully saturated rings. The van der Waals surface area contributed by atoms with Crippen LogP contribution in [-0.4, -0.2) is 29.5 Å². The van der Waals surface area contributed by atoms with Gasteiger partial charge in [0, 0.05) is 10.5 Å². The molecular weight excluding hydrogens is 480 g/mol. The van der Waals surface area contributed by atoms with Crippen LogP contribution < -0.4 is 19.6 Å². The summed E-state index contributed by atoms with van der Waals surface area (Å²) in [6.45, 7) is 7.73. The van der Waals surface area contributed by atoms with Crippen LogP contribution in [0.1, 0.15) is 44.9 Å². The Balaban J connectivity index is 1.92. The van der Waals surface area contributed by atoms with Gasteiger partial charge in [-0.3, -0.25) is 9.36 Å². The Kier molecular flexibility index (Phi) is 7.62. The fourth-order valence-electron chi connectivity index (χ4n) is 4.00. The van der Waals surface area contributed by atoms with Crippen LogP contribution in [0.2, 0.25) is 0 Å². The van der Waals surface area contributed by atoms with Crippen molar-refractivity contribution in [2.24, 2.45) is 4.99 Å². The maximum Gasteiger partial charge on any atom is 0.338 e. The molecule has 1 atom stereocenters. The average molecular weight is 509 g/mol. The van der Waals surface area contributed by atoms with Gasteiger partial charge in [-0.05, 0) is 63.8 Å². The van der Waals surface area contributed by atoms with Gasteiger partial charge in [-0.1, -0.05) is 41.7 Å². The van der Waals surface area contributed by atoms with Crippen molar-refractivity contribution in [3.8, 4) is 5.75 Å². The van der Waals surface area contributed by atoms with E-state index in [-0.39, 0.29) is 18.3 Å². The van der Waals surface area contributed by atoms with E-state index in [0.717, 1.165) is 16.0 Å². The molecule has 3 aromatic rings. The third-order valence-corrected chi connectivity index (χ3v) is 7.24. The summed E-state index contributed by atoms with van der Waals surface area (Å²) in [5.41, 5.74) is 2.37. The Morgan fingerprint density at radius 2 is 1.91 bits per heavy atom. The standard InChI is InChI=1S/C27H28N2O4S2/c1-6-32-26(31)23-17(4)28-27-29(24(23)18-11-13-20(34-5)14-12-18)25(30)22(35-27)15-19-9-7-8-10-21(19)33-16(2)3/h7-16,24H,6H2,1-5H3/b22-15-/t24-/m1/s1. The molecule has 0 bridgehead atoms. The number of rotatable bonds is 7. The van der Waals surface area contributed by atoms with Crippen LogP contribution in [0, 0.1) is 0 Å². The number of para-hydroxylation sites is 1. The van der Waals surface area contributed by atoms with Crippen molar-refractivity contribution < 1.29 is 14.3 Å². The van der Waals surface area contributed by atoms with Crippen molar-refractivity contribution in [2.45, 2.75) is 44.7 Å². The average Bonchev–Trinajstić information content (AvgIpc) is 3.13. The zero-order valence-corrected chi connectivity index (χ0v) is 22.0. The summed E-state index contributed by atoms with van der Waals surface area (Å²) < 4.78 is 13.4. The molecule has 1 aliphatic rings. The number of ether oxygens (including phenoxy) is 2. The van der Waals surface area contributed by atoms with Crippen molar-refractivity contribution in [1.82, 2.24) is 4.57 Å². The van der Waals surface area contributed by atoms with Gasteiger partial charge >= 0.3 is 5.97 Å². The van der Waals surface area contributed by atoms with E-state index in [1.54, 1.807) is 30.2 Å². The highest BCUT2D eigenvalue weighted by Gasteiger charge is 2.33. The minimum Gasteiger partial charge on any atom is -0.490 e. The van der Waals surface area contributed by atoms with E-state index in [4.69, 9.17) is 9.47 Å². The van der Waals surface area contributed by atoms with Crippen LogP contribution in [0.5, 0.6) is 5.75 Å². The van der Waals surface area contributed by atoms with E-state index in [9.17, 15) is 9.59 Å². The number of esters is 1. The minimum atomic E-state index is -0.620. The number of allylic oxidation sites excluding steroid dienone is 1. The molecule has 1 aromatic heterocycles. The normalized spacial score (nSPS) is 15.7. The lowest BCUT2D eigenvalue weighted by molar-refractivity contribution is -0.139. The first kappa shape index (κ1) is 25.0. The fourth-order valence-corrected chi connectivity index (χ4v) is 5.44. The summed E-state index contributed by atoms with van der Waals surface area (Å²) in [7, 11) is 0. The van der Waals surface area contributed by atoms with Gasteiger partial charge in [-0.15, -0.1) is 11.8 Å². The van der Waals surface area contributed by atoms with Gasteiger partial charge in [-0.25, -0.2) is 9.79 Å². The summed E-state index contributed by atoms with van der Waals surface area (Å²) in [5.74, 6) is 0.249. The number of carbonyl (C=O) groups is 1. The molecule has 4 rings (SSSR count). The number of thioether (sulfide) groups is 1. The van der Waals surface area contributed by atoms with Crippen LogP contribution in [0.4, 0.5) is 0 Å². The van der Waals surface area contributed by atoms with Crippen molar-refractivity contribution >= 4 is 35.1 Å². The third kappa shape index (κ3) is 5.13. The van der Waals surface area contributed by atoms with Crippen LogP contribution >= 0.6 is 23.1 Å². The predicted octanol–water partition coefficient (Wildman–Crippen LogP) is 4.31. The number of carbonyl (C=O) groups excluding carboxylic acids is 1. The SMILES string of the molecule is CCOC(=O)C1=C(C)N=c2s/c(=C\c3ccccc3OC(C)C)c(=O)n2[C@@H]1c1ccc(SC)cc1. The van der Waals surface area contributed by atoms with Crippen molar-refractivity contribution in [3.05, 3.63) is 90.6 Å². The number of hydrogen-bond donors (Lipinski definition) is 0. The molecule has 0 aliphatic carbocycles. The lowest BCUT2D eigenvalue weighted by Crippen LogP contribution is -2.39. The van der Waals surface area contributed by atoms with Gasteiger partial charge in [0.1, 0.15) is 5.75 Å². The van der Waals surface area contributed by atoms with Gasteiger partial charge in [0.05, 0.1) is 34.6 Å². The Bertz CT molecular complexity index is 1450. The van der Waals surface area contributed by atoms with Crippen molar-refractivity contribution in [2.75, 3.05) is 12.9 Å². The van der Waals surface area contributed by atoms with Crippen molar-refractivity contribution in [3.63, 3.8) is 0 Å². The molecule has 2 heterocycles. The van der Waals surface area contributed by atoms with E-state index < -0.39 is 12.0 Å². The van der Waals surface area contributed by atoms with Crippen LogP contribution in [0.3, 0.4) is 0 Å². The molecule has 0 amide bonds. The second-order valence-corrected chi connectivity index (χ2v) is 10.2. The Labute approximate surface area is 212 Å². The van der Waals surface area contributed by atoms with E-state index in [0.29, 0.717) is 26.4 Å². The molecule has 0 saturated carbocycles. The highest BCUT2D eigenvalue weighted by atomic mass is 32.2. The Morgan fingerprint density at radius 1 is 1.20 bits per heavy atom. The van der Waals surface area contributed by atoms with E-state index >= 15 is 0 Å². The zero-order chi connectivity index (χ0) is 25.1. The predicted molar refractivity (Wildman–Crippen MR) is 141 cm³/mol. The quantitative estimate of drug-likeness (QED) is 0.351. The van der Waals surface area contributed by atoms with Crippen LogP contribution in [-0.2, 0) is 9.53 Å². The van der Waals surface area contributed by atoms with Gasteiger partial charge in [0.2, 0.25) is 0 Å². The van der Waals surface area contributed by atoms with E-state index in [1.165, 1.54) is 11.3 Å². The van der Waals surface area contributed by atoms with E-state index in [1.807, 2.05) is 74.7 Å². The van der Waals surface area contributed by atoms with Crippen molar-refractivity contribution in [1.29, 1.82) is 0 Å².